The Kier molecular flexibility index (Phi) is 3.23. The van der Waals surface area contributed by atoms with Crippen molar-refractivity contribution in [1.29, 1.82) is 0 Å². The number of halogens is 2. The van der Waals surface area contributed by atoms with Crippen molar-refractivity contribution in [3.8, 4) is 0 Å². The van der Waals surface area contributed by atoms with Gasteiger partial charge in [-0.25, -0.2) is 0 Å². The summed E-state index contributed by atoms with van der Waals surface area (Å²) < 4.78 is 14.0. The summed E-state index contributed by atoms with van der Waals surface area (Å²) in [7, 11) is 0. The van der Waals surface area contributed by atoms with Crippen LogP contribution in [0.4, 0.5) is 0 Å². The van der Waals surface area contributed by atoms with Crippen LogP contribution in [0.3, 0.4) is 0 Å². The molecule has 2 aliphatic rings. The van der Waals surface area contributed by atoms with E-state index in [1.807, 2.05) is 18.4 Å². The number of hydrogen-bond acceptors (Lipinski definition) is 5. The van der Waals surface area contributed by atoms with E-state index in [1.54, 1.807) is 6.33 Å². The monoisotopic (exact) mass is 394 g/mol. The summed E-state index contributed by atoms with van der Waals surface area (Å²) in [4.78, 5) is 12.7. The van der Waals surface area contributed by atoms with Crippen LogP contribution in [0.5, 0.6) is 0 Å². The fourth-order valence-electron chi connectivity index (χ4n) is 2.80. The molecule has 3 unspecified atom stereocenters. The zero-order chi connectivity index (χ0) is 14.8. The molecule has 0 spiro atoms. The average molecular weight is 394 g/mol. The van der Waals surface area contributed by atoms with Crippen molar-refractivity contribution < 1.29 is 9.47 Å². The fourth-order valence-corrected chi connectivity index (χ4v) is 6.12. The number of rotatable bonds is 1. The SMILES string of the molecule is CC1(C)OC2C[Se]C(n3cnc4c(Cl)nc(Cl)nc43)C2O1. The molecule has 0 bridgehead atoms. The average Bonchev–Trinajstić information content (AvgIpc) is 3.00. The van der Waals surface area contributed by atoms with E-state index in [4.69, 9.17) is 32.7 Å². The molecule has 4 heterocycles. The van der Waals surface area contributed by atoms with Gasteiger partial charge in [-0.1, -0.05) is 0 Å². The van der Waals surface area contributed by atoms with Crippen molar-refractivity contribution >= 4 is 49.3 Å². The third-order valence-corrected chi connectivity index (χ3v) is 6.84. The Bertz CT molecular complexity index is 723. The Morgan fingerprint density at radius 3 is 2.95 bits per heavy atom. The van der Waals surface area contributed by atoms with Gasteiger partial charge in [0.05, 0.1) is 0 Å². The minimum absolute atomic E-state index is 0.0184. The van der Waals surface area contributed by atoms with E-state index in [-0.39, 0.29) is 27.6 Å². The maximum absolute atomic E-state index is 6.08. The second kappa shape index (κ2) is 4.78. The zero-order valence-corrected chi connectivity index (χ0v) is 14.5. The summed E-state index contributed by atoms with van der Waals surface area (Å²) in [5.74, 6) is -0.537. The van der Waals surface area contributed by atoms with Crippen LogP contribution in [0.15, 0.2) is 6.33 Å². The summed E-state index contributed by atoms with van der Waals surface area (Å²) in [6.07, 6.45) is 1.89. The first-order chi connectivity index (χ1) is 9.94. The summed E-state index contributed by atoms with van der Waals surface area (Å²) in [6, 6.07) is 0. The number of ether oxygens (including phenoxy) is 2. The Morgan fingerprint density at radius 2 is 2.14 bits per heavy atom. The van der Waals surface area contributed by atoms with Gasteiger partial charge in [-0.3, -0.25) is 0 Å². The molecule has 2 fully saturated rings. The van der Waals surface area contributed by atoms with Gasteiger partial charge in [0.25, 0.3) is 0 Å². The molecule has 0 aromatic carbocycles. The summed E-state index contributed by atoms with van der Waals surface area (Å²) >= 11 is 12.3. The molecule has 3 atom stereocenters. The Morgan fingerprint density at radius 1 is 1.33 bits per heavy atom. The van der Waals surface area contributed by atoms with Gasteiger partial charge in [0.15, 0.2) is 0 Å². The number of fused-ring (bicyclic) bond motifs is 2. The fraction of sp³-hybridized carbons (Fsp3) is 0.583. The third-order valence-electron chi connectivity index (χ3n) is 3.56. The summed E-state index contributed by atoms with van der Waals surface area (Å²) in [6.45, 7) is 3.88. The first-order valence-corrected chi connectivity index (χ1v) is 9.43. The minimum atomic E-state index is -0.537. The van der Waals surface area contributed by atoms with E-state index in [0.717, 1.165) is 5.32 Å². The van der Waals surface area contributed by atoms with Crippen LogP contribution >= 0.6 is 23.2 Å². The van der Waals surface area contributed by atoms with E-state index >= 15 is 0 Å². The summed E-state index contributed by atoms with van der Waals surface area (Å²) in [5, 5.41) is 1.41. The predicted octanol–water partition coefficient (Wildman–Crippen LogP) is 2.29. The maximum atomic E-state index is 6.08. The Hall–Kier alpha value is -0.431. The van der Waals surface area contributed by atoms with E-state index in [0.29, 0.717) is 26.1 Å². The van der Waals surface area contributed by atoms with Gasteiger partial charge >= 0.3 is 137 Å². The molecular weight excluding hydrogens is 382 g/mol. The molecule has 0 aliphatic carbocycles. The van der Waals surface area contributed by atoms with E-state index in [1.165, 1.54) is 0 Å². The standard InChI is InChI=1S/C12H12Cl2N4O2Se/c1-12(2)19-5-3-21-10(7(5)20-12)18-4-15-6-8(13)16-11(14)17-9(6)18/h4-5,7,10H,3H2,1-2H3. The van der Waals surface area contributed by atoms with Crippen molar-refractivity contribution in [1.82, 2.24) is 19.5 Å². The van der Waals surface area contributed by atoms with Crippen LogP contribution in [0.2, 0.25) is 15.8 Å². The first-order valence-electron chi connectivity index (χ1n) is 6.47. The molecule has 2 aromatic heterocycles. The summed E-state index contributed by atoms with van der Waals surface area (Å²) in [5.41, 5.74) is 1.22. The number of hydrogen-bond donors (Lipinski definition) is 0. The molecule has 2 aliphatic heterocycles. The van der Waals surface area contributed by atoms with Crippen LogP contribution in [-0.4, -0.2) is 52.5 Å². The van der Waals surface area contributed by atoms with Crippen LogP contribution in [-0.2, 0) is 9.47 Å². The molecule has 6 nitrogen and oxygen atoms in total. The van der Waals surface area contributed by atoms with Gasteiger partial charge in [-0.2, -0.15) is 0 Å². The number of imidazole rings is 1. The van der Waals surface area contributed by atoms with Gasteiger partial charge < -0.3 is 0 Å². The van der Waals surface area contributed by atoms with Gasteiger partial charge in [0, 0.05) is 0 Å². The van der Waals surface area contributed by atoms with E-state index in [9.17, 15) is 0 Å². The van der Waals surface area contributed by atoms with Crippen LogP contribution in [0, 0.1) is 0 Å². The molecule has 0 amide bonds. The Labute approximate surface area is 137 Å². The van der Waals surface area contributed by atoms with Gasteiger partial charge in [-0.15, -0.1) is 0 Å². The van der Waals surface area contributed by atoms with Gasteiger partial charge in [-0.05, 0) is 0 Å². The topological polar surface area (TPSA) is 62.1 Å². The van der Waals surface area contributed by atoms with Gasteiger partial charge in [0.2, 0.25) is 0 Å². The van der Waals surface area contributed by atoms with Crippen molar-refractivity contribution in [2.45, 2.75) is 42.1 Å². The second-order valence-corrected chi connectivity index (χ2v) is 8.58. The molecule has 0 N–H and O–H groups in total. The van der Waals surface area contributed by atoms with Gasteiger partial charge in [0.1, 0.15) is 0 Å². The normalized spacial score (nSPS) is 31.0. The zero-order valence-electron chi connectivity index (χ0n) is 11.3. The first kappa shape index (κ1) is 14.2. The molecule has 112 valence electrons. The molecule has 2 aromatic rings. The van der Waals surface area contributed by atoms with Crippen molar-refractivity contribution in [3.05, 3.63) is 16.8 Å². The van der Waals surface area contributed by atoms with Crippen LogP contribution in [0.1, 0.15) is 18.8 Å². The molecule has 9 heteroatoms. The van der Waals surface area contributed by atoms with E-state index in [2.05, 4.69) is 15.0 Å². The van der Waals surface area contributed by atoms with Crippen molar-refractivity contribution in [2.24, 2.45) is 0 Å². The van der Waals surface area contributed by atoms with Crippen molar-refractivity contribution in [2.75, 3.05) is 0 Å². The van der Waals surface area contributed by atoms with Crippen LogP contribution < -0.4 is 0 Å². The molecular formula is C12H12Cl2N4O2Se. The van der Waals surface area contributed by atoms with Crippen molar-refractivity contribution in [3.63, 3.8) is 0 Å². The van der Waals surface area contributed by atoms with E-state index < -0.39 is 5.79 Å². The van der Waals surface area contributed by atoms with Crippen LogP contribution in [0.25, 0.3) is 11.2 Å². The quantitative estimate of drug-likeness (QED) is 0.422. The molecule has 0 saturated carbocycles. The molecule has 4 rings (SSSR count). The number of aromatic nitrogens is 4. The molecule has 2 saturated heterocycles. The molecule has 21 heavy (non-hydrogen) atoms. The predicted molar refractivity (Wildman–Crippen MR) is 78.8 cm³/mol. The third kappa shape index (κ3) is 2.27. The Balaban J connectivity index is 1.77. The number of nitrogens with zero attached hydrogens (tertiary/aromatic N) is 4. The molecule has 0 radical (unpaired) electrons. The second-order valence-electron chi connectivity index (χ2n) is 5.47.